The van der Waals surface area contributed by atoms with Gasteiger partial charge in [-0.1, -0.05) is 30.6 Å². The number of halogens is 1. The maximum Gasteiger partial charge on any atom is 0.109 e. The molecule has 1 aromatic carbocycles. The number of hydrogen-bond acceptors (Lipinski definition) is 1. The van der Waals surface area contributed by atoms with Crippen LogP contribution in [0.5, 0.6) is 0 Å². The van der Waals surface area contributed by atoms with E-state index >= 15 is 0 Å². The van der Waals surface area contributed by atoms with Gasteiger partial charge in [-0.25, -0.2) is 0 Å². The highest BCUT2D eigenvalue weighted by Gasteiger charge is 2.37. The summed E-state index contributed by atoms with van der Waals surface area (Å²) in [5.74, 6) is 0. The molecule has 1 fully saturated rings. The van der Waals surface area contributed by atoms with Gasteiger partial charge in [-0.05, 0) is 24.1 Å². The van der Waals surface area contributed by atoms with Crippen LogP contribution in [0.3, 0.4) is 0 Å². The Kier molecular flexibility index (Phi) is 1.06. The van der Waals surface area contributed by atoms with E-state index in [1.165, 1.54) is 0 Å². The van der Waals surface area contributed by atoms with Crippen LogP contribution < -0.4 is 0 Å². The first-order valence-electron chi connectivity index (χ1n) is 6.14. The molecule has 2 rings (SSSR count). The minimum atomic E-state index is -2.68. The Hall–Kier alpha value is -0.530. The fraction of sp³-hybridized carbons (Fsp3) is 0.400. The van der Waals surface area contributed by atoms with Gasteiger partial charge in [0.15, 0.2) is 0 Å². The first kappa shape index (κ1) is 4.12. The van der Waals surface area contributed by atoms with Crippen LogP contribution in [0.4, 0.5) is 0 Å². The van der Waals surface area contributed by atoms with E-state index in [0.717, 1.165) is 5.56 Å². The normalized spacial score (nSPS) is 35.6. The van der Waals surface area contributed by atoms with Gasteiger partial charge < -0.3 is 4.74 Å². The number of rotatable bonds is 2. The molecule has 12 heavy (non-hydrogen) atoms. The molecular formula is C10H11ClO. The molecule has 0 saturated carbocycles. The summed E-state index contributed by atoms with van der Waals surface area (Å²) in [5, 5.41) is 0.574. The van der Waals surface area contributed by atoms with Crippen molar-refractivity contribution in [3.05, 3.63) is 34.9 Å². The summed E-state index contributed by atoms with van der Waals surface area (Å²) in [6.07, 6.45) is -3.75. The number of ether oxygens (including phenoxy) is 1. The zero-order valence-corrected chi connectivity index (χ0v) is 7.01. The molecule has 0 amide bonds. The first-order chi connectivity index (χ1) is 7.73. The third kappa shape index (κ3) is 1.47. The highest BCUT2D eigenvalue weighted by Crippen LogP contribution is 2.40. The fourth-order valence-corrected chi connectivity index (χ4v) is 1.25. The quantitative estimate of drug-likeness (QED) is 0.648. The molecule has 1 aromatic rings. The standard InChI is InChI=1S/C10H11ClO/c1-2-9-10(12-9)7-3-5-8(11)6-4-7/h3-6,9-10H,2H2,1H3/i1D3,2D2. The maximum atomic E-state index is 7.57. The monoisotopic (exact) mass is 187 g/mol. The van der Waals surface area contributed by atoms with Crippen LogP contribution >= 0.6 is 11.6 Å². The molecule has 2 atom stereocenters. The molecule has 2 unspecified atom stereocenters. The minimum absolute atomic E-state index is 0.498. The summed E-state index contributed by atoms with van der Waals surface area (Å²) in [7, 11) is 0. The van der Waals surface area contributed by atoms with E-state index in [1.807, 2.05) is 0 Å². The van der Waals surface area contributed by atoms with Crippen molar-refractivity contribution in [2.75, 3.05) is 0 Å². The molecule has 0 aliphatic carbocycles. The van der Waals surface area contributed by atoms with Gasteiger partial charge in [0.05, 0.1) is 6.10 Å². The SMILES string of the molecule is [2H]C([2H])([2H])C([2H])([2H])C1OC1c1ccc(Cl)cc1. The van der Waals surface area contributed by atoms with Crippen LogP contribution in [-0.2, 0) is 4.74 Å². The molecule has 1 heterocycles. The molecule has 2 heteroatoms. The van der Waals surface area contributed by atoms with Gasteiger partial charge >= 0.3 is 0 Å². The molecule has 1 nitrogen and oxygen atoms in total. The molecule has 1 aliphatic heterocycles. The van der Waals surface area contributed by atoms with E-state index in [-0.39, 0.29) is 0 Å². The molecule has 0 radical (unpaired) electrons. The van der Waals surface area contributed by atoms with Gasteiger partial charge in [0.25, 0.3) is 0 Å². The molecule has 1 aliphatic rings. The van der Waals surface area contributed by atoms with Crippen LogP contribution in [0.25, 0.3) is 0 Å². The predicted molar refractivity (Wildman–Crippen MR) is 49.4 cm³/mol. The third-order valence-corrected chi connectivity index (χ3v) is 2.08. The Bertz CT molecular complexity index is 414. The zero-order chi connectivity index (χ0) is 12.8. The summed E-state index contributed by atoms with van der Waals surface area (Å²) in [5.41, 5.74) is 0.743. The highest BCUT2D eigenvalue weighted by atomic mass is 35.5. The van der Waals surface area contributed by atoms with Gasteiger partial charge in [0.2, 0.25) is 0 Å². The summed E-state index contributed by atoms with van der Waals surface area (Å²) in [6, 6.07) is 6.76. The van der Waals surface area contributed by atoms with Gasteiger partial charge in [0.1, 0.15) is 6.10 Å². The minimum Gasteiger partial charge on any atom is -0.365 e. The van der Waals surface area contributed by atoms with Crippen molar-refractivity contribution in [2.24, 2.45) is 0 Å². The van der Waals surface area contributed by atoms with E-state index in [0.29, 0.717) is 5.02 Å². The molecule has 0 aromatic heterocycles. The lowest BCUT2D eigenvalue weighted by atomic mass is 10.1. The Morgan fingerprint density at radius 3 is 3.00 bits per heavy atom. The van der Waals surface area contributed by atoms with E-state index in [9.17, 15) is 0 Å². The molecule has 64 valence electrons. The van der Waals surface area contributed by atoms with Crippen molar-refractivity contribution < 1.29 is 11.6 Å². The van der Waals surface area contributed by atoms with E-state index in [2.05, 4.69) is 0 Å². The van der Waals surface area contributed by atoms with Crippen molar-refractivity contribution in [2.45, 2.75) is 25.4 Å². The lowest BCUT2D eigenvalue weighted by molar-refractivity contribution is 0.370. The van der Waals surface area contributed by atoms with Gasteiger partial charge in [-0.3, -0.25) is 0 Å². The maximum absolute atomic E-state index is 7.57. The largest absolute Gasteiger partial charge is 0.365 e. The molecular weight excluding hydrogens is 172 g/mol. The van der Waals surface area contributed by atoms with Crippen molar-refractivity contribution in [3.63, 3.8) is 0 Å². The predicted octanol–water partition coefficient (Wildman–Crippen LogP) is 3.19. The Labute approximate surface area is 84.3 Å². The van der Waals surface area contributed by atoms with Crippen molar-refractivity contribution in [1.82, 2.24) is 0 Å². The van der Waals surface area contributed by atoms with Gasteiger partial charge in [-0.15, -0.1) is 0 Å². The second-order valence-corrected chi connectivity index (χ2v) is 3.11. The van der Waals surface area contributed by atoms with Gasteiger partial charge in [0, 0.05) is 11.9 Å². The van der Waals surface area contributed by atoms with Crippen molar-refractivity contribution >= 4 is 11.6 Å². The second kappa shape index (κ2) is 3.08. The zero-order valence-electron chi connectivity index (χ0n) is 11.3. The van der Waals surface area contributed by atoms with Crippen LogP contribution in [-0.4, -0.2) is 6.10 Å². The van der Waals surface area contributed by atoms with E-state index in [4.69, 9.17) is 23.2 Å². The Morgan fingerprint density at radius 2 is 2.33 bits per heavy atom. The highest BCUT2D eigenvalue weighted by molar-refractivity contribution is 6.30. The number of hydrogen-bond donors (Lipinski definition) is 0. The van der Waals surface area contributed by atoms with Crippen LogP contribution in [0, 0.1) is 0 Å². The summed E-state index contributed by atoms with van der Waals surface area (Å²) in [4.78, 5) is 0. The number of epoxide rings is 1. The smallest absolute Gasteiger partial charge is 0.109 e. The number of benzene rings is 1. The average Bonchev–Trinajstić information content (AvgIpc) is 2.97. The molecule has 0 bridgehead atoms. The molecule has 0 spiro atoms. The molecule has 0 N–H and O–H groups in total. The lowest BCUT2D eigenvalue weighted by Gasteiger charge is -1.94. The molecule has 1 saturated heterocycles. The van der Waals surface area contributed by atoms with Crippen LogP contribution in [0.15, 0.2) is 24.3 Å². The Morgan fingerprint density at radius 1 is 1.58 bits per heavy atom. The summed E-state index contributed by atoms with van der Waals surface area (Å²) < 4.78 is 41.7. The fourth-order valence-electron chi connectivity index (χ4n) is 1.13. The average molecular weight is 188 g/mol. The van der Waals surface area contributed by atoms with E-state index < -0.39 is 25.4 Å². The van der Waals surface area contributed by atoms with Crippen LogP contribution in [0.2, 0.25) is 5.02 Å². The Balaban J connectivity index is 2.13. The summed E-state index contributed by atoms with van der Waals surface area (Å²) in [6.45, 7) is -2.68. The topological polar surface area (TPSA) is 12.5 Å². The first-order valence-corrected chi connectivity index (χ1v) is 4.02. The van der Waals surface area contributed by atoms with Crippen molar-refractivity contribution in [3.8, 4) is 0 Å². The second-order valence-electron chi connectivity index (χ2n) is 2.67. The lowest BCUT2D eigenvalue weighted by Crippen LogP contribution is -1.85. The summed E-state index contributed by atoms with van der Waals surface area (Å²) >= 11 is 5.73. The third-order valence-electron chi connectivity index (χ3n) is 1.83. The van der Waals surface area contributed by atoms with Crippen molar-refractivity contribution in [1.29, 1.82) is 0 Å². The van der Waals surface area contributed by atoms with Crippen LogP contribution in [0.1, 0.15) is 31.7 Å². The van der Waals surface area contributed by atoms with E-state index in [1.54, 1.807) is 24.3 Å². The van der Waals surface area contributed by atoms with Gasteiger partial charge in [-0.2, -0.15) is 0 Å².